The van der Waals surface area contributed by atoms with Gasteiger partial charge in [0.05, 0.1) is 11.0 Å². The molecule has 0 unspecified atom stereocenters. The Morgan fingerprint density at radius 3 is 1.47 bits per heavy atom. The van der Waals surface area contributed by atoms with E-state index in [9.17, 15) is 0 Å². The lowest BCUT2D eigenvalue weighted by Crippen LogP contribution is -2.14. The topological polar surface area (TPSA) is 8.17 Å². The van der Waals surface area contributed by atoms with Crippen molar-refractivity contribution in [3.8, 4) is 39.1 Å². The SMILES string of the molecule is CC1(C)c2ccccc2-c2cc3c(cc21)c1ccc(N(c2ccc(-c4ccccc4)cc2)c2ccc(-c4ccccc4)cc2)cc1n3-c1ccccc1. The summed E-state index contributed by atoms with van der Waals surface area (Å²) in [6.07, 6.45) is 0. The van der Waals surface area contributed by atoms with E-state index in [1.165, 1.54) is 66.3 Å². The molecule has 1 aliphatic carbocycles. The first kappa shape index (κ1) is 31.1. The third-order valence-electron chi connectivity index (χ3n) is 11.2. The van der Waals surface area contributed by atoms with Crippen molar-refractivity contribution >= 4 is 38.9 Å². The molecular formula is C51H38N2. The number of benzene rings is 8. The zero-order valence-corrected chi connectivity index (χ0v) is 29.9. The van der Waals surface area contributed by atoms with Crippen LogP contribution in [0.1, 0.15) is 25.0 Å². The lowest BCUT2D eigenvalue weighted by molar-refractivity contribution is 0.661. The Labute approximate surface area is 310 Å². The zero-order chi connectivity index (χ0) is 35.5. The van der Waals surface area contributed by atoms with Gasteiger partial charge in [0.1, 0.15) is 0 Å². The van der Waals surface area contributed by atoms with Crippen LogP contribution >= 0.6 is 0 Å². The van der Waals surface area contributed by atoms with Gasteiger partial charge in [0.25, 0.3) is 0 Å². The fraction of sp³-hybridized carbons (Fsp3) is 0.0588. The van der Waals surface area contributed by atoms with Gasteiger partial charge in [0.15, 0.2) is 0 Å². The standard InChI is InChI=1S/C51H38N2/c1-51(2)47-21-13-12-20-43(47)45-34-50-46(33-48(45)51)44-31-30-42(32-49(44)53(50)39-18-10-5-11-19-39)52(40-26-22-37(23-27-40)35-14-6-3-7-15-35)41-28-24-38(25-29-41)36-16-8-4-9-17-36/h3-34H,1-2H3. The first-order chi connectivity index (χ1) is 26.0. The molecule has 1 aromatic heterocycles. The maximum atomic E-state index is 2.47. The van der Waals surface area contributed by atoms with E-state index >= 15 is 0 Å². The molecule has 0 saturated carbocycles. The molecule has 2 heteroatoms. The second-order valence-electron chi connectivity index (χ2n) is 14.6. The predicted molar refractivity (Wildman–Crippen MR) is 224 cm³/mol. The van der Waals surface area contributed by atoms with Gasteiger partial charge < -0.3 is 9.47 Å². The van der Waals surface area contributed by atoms with Crippen LogP contribution in [-0.4, -0.2) is 4.57 Å². The average molecular weight is 679 g/mol. The molecule has 0 bridgehead atoms. The van der Waals surface area contributed by atoms with Crippen molar-refractivity contribution < 1.29 is 0 Å². The van der Waals surface area contributed by atoms with Crippen LogP contribution in [0.25, 0.3) is 60.9 Å². The van der Waals surface area contributed by atoms with E-state index in [1.807, 2.05) is 0 Å². The molecule has 0 amide bonds. The summed E-state index contributed by atoms with van der Waals surface area (Å²) in [5.41, 5.74) is 17.1. The van der Waals surface area contributed by atoms with Gasteiger partial charge >= 0.3 is 0 Å². The highest BCUT2D eigenvalue weighted by Crippen LogP contribution is 2.51. The van der Waals surface area contributed by atoms with Crippen molar-refractivity contribution in [2.45, 2.75) is 19.3 Å². The summed E-state index contributed by atoms with van der Waals surface area (Å²) < 4.78 is 2.46. The molecule has 0 saturated heterocycles. The van der Waals surface area contributed by atoms with Crippen LogP contribution in [0.5, 0.6) is 0 Å². The van der Waals surface area contributed by atoms with E-state index in [4.69, 9.17) is 0 Å². The quantitative estimate of drug-likeness (QED) is 0.170. The molecule has 1 aliphatic rings. The molecule has 0 spiro atoms. The largest absolute Gasteiger partial charge is 0.310 e. The van der Waals surface area contributed by atoms with Gasteiger partial charge in [-0.05, 0) is 105 Å². The van der Waals surface area contributed by atoms with Gasteiger partial charge in [-0.3, -0.25) is 0 Å². The van der Waals surface area contributed by atoms with E-state index in [0.717, 1.165) is 22.7 Å². The number of hydrogen-bond donors (Lipinski definition) is 0. The smallest absolute Gasteiger partial charge is 0.0561 e. The van der Waals surface area contributed by atoms with Gasteiger partial charge in [-0.2, -0.15) is 0 Å². The molecule has 1 heterocycles. The minimum atomic E-state index is -0.0736. The van der Waals surface area contributed by atoms with Crippen molar-refractivity contribution in [2.75, 3.05) is 4.90 Å². The Kier molecular flexibility index (Phi) is 7.19. The van der Waals surface area contributed by atoms with Crippen LogP contribution in [0.2, 0.25) is 0 Å². The van der Waals surface area contributed by atoms with E-state index in [1.54, 1.807) is 0 Å². The third kappa shape index (κ3) is 5.10. The molecule has 0 atom stereocenters. The fourth-order valence-electron chi connectivity index (χ4n) is 8.51. The maximum Gasteiger partial charge on any atom is 0.0561 e. The number of anilines is 3. The lowest BCUT2D eigenvalue weighted by atomic mass is 9.82. The number of rotatable bonds is 6. The molecule has 0 aliphatic heterocycles. The Bertz CT molecular complexity index is 2680. The summed E-state index contributed by atoms with van der Waals surface area (Å²) in [4.78, 5) is 2.38. The van der Waals surface area contributed by atoms with Crippen molar-refractivity contribution in [3.05, 3.63) is 205 Å². The summed E-state index contributed by atoms with van der Waals surface area (Å²) in [6.45, 7) is 4.73. The van der Waals surface area contributed by atoms with Gasteiger partial charge in [-0.25, -0.2) is 0 Å². The number of aromatic nitrogens is 1. The molecule has 0 N–H and O–H groups in total. The summed E-state index contributed by atoms with van der Waals surface area (Å²) in [6, 6.07) is 70.7. The second-order valence-corrected chi connectivity index (χ2v) is 14.6. The van der Waals surface area contributed by atoms with Gasteiger partial charge in [0, 0.05) is 38.9 Å². The Balaban J connectivity index is 1.18. The maximum absolute atomic E-state index is 2.47. The van der Waals surface area contributed by atoms with Crippen LogP contribution in [0, 0.1) is 0 Å². The predicted octanol–water partition coefficient (Wildman–Crippen LogP) is 13.9. The molecule has 0 radical (unpaired) electrons. The molecule has 0 fully saturated rings. The van der Waals surface area contributed by atoms with Crippen LogP contribution in [-0.2, 0) is 5.41 Å². The number of nitrogens with zero attached hydrogens (tertiary/aromatic N) is 2. The average Bonchev–Trinajstić information content (AvgIpc) is 3.66. The van der Waals surface area contributed by atoms with Crippen LogP contribution in [0.3, 0.4) is 0 Å². The second kappa shape index (κ2) is 12.3. The first-order valence-corrected chi connectivity index (χ1v) is 18.4. The van der Waals surface area contributed by atoms with E-state index in [-0.39, 0.29) is 5.41 Å². The highest BCUT2D eigenvalue weighted by molar-refractivity contribution is 6.12. The molecule has 252 valence electrons. The minimum Gasteiger partial charge on any atom is -0.310 e. The van der Waals surface area contributed by atoms with Crippen molar-refractivity contribution in [3.63, 3.8) is 0 Å². The molecule has 2 nitrogen and oxygen atoms in total. The van der Waals surface area contributed by atoms with Gasteiger partial charge in [-0.1, -0.05) is 147 Å². The van der Waals surface area contributed by atoms with Crippen molar-refractivity contribution in [2.24, 2.45) is 0 Å². The van der Waals surface area contributed by atoms with Crippen LogP contribution in [0.4, 0.5) is 17.1 Å². The summed E-state index contributed by atoms with van der Waals surface area (Å²) in [5, 5.41) is 2.53. The molecule has 8 aromatic carbocycles. The fourth-order valence-corrected chi connectivity index (χ4v) is 8.51. The van der Waals surface area contributed by atoms with E-state index in [2.05, 4.69) is 217 Å². The van der Waals surface area contributed by atoms with Crippen LogP contribution in [0.15, 0.2) is 194 Å². The van der Waals surface area contributed by atoms with Crippen molar-refractivity contribution in [1.29, 1.82) is 0 Å². The molecule has 9 aromatic rings. The summed E-state index contributed by atoms with van der Waals surface area (Å²) in [7, 11) is 0. The number of hydrogen-bond acceptors (Lipinski definition) is 1. The zero-order valence-electron chi connectivity index (χ0n) is 29.9. The van der Waals surface area contributed by atoms with E-state index < -0.39 is 0 Å². The van der Waals surface area contributed by atoms with Crippen molar-refractivity contribution in [1.82, 2.24) is 4.57 Å². The van der Waals surface area contributed by atoms with Gasteiger partial charge in [0.2, 0.25) is 0 Å². The molecule has 10 rings (SSSR count). The molecular weight excluding hydrogens is 641 g/mol. The lowest BCUT2D eigenvalue weighted by Gasteiger charge is -2.26. The highest BCUT2D eigenvalue weighted by atomic mass is 15.1. The minimum absolute atomic E-state index is 0.0736. The van der Waals surface area contributed by atoms with E-state index in [0.29, 0.717) is 0 Å². The van der Waals surface area contributed by atoms with Gasteiger partial charge in [-0.15, -0.1) is 0 Å². The third-order valence-corrected chi connectivity index (χ3v) is 11.2. The Morgan fingerprint density at radius 2 is 0.868 bits per heavy atom. The highest BCUT2D eigenvalue weighted by Gasteiger charge is 2.36. The number of para-hydroxylation sites is 1. The normalized spacial score (nSPS) is 12.9. The molecule has 53 heavy (non-hydrogen) atoms. The summed E-state index contributed by atoms with van der Waals surface area (Å²) >= 11 is 0. The monoisotopic (exact) mass is 678 g/mol. The Morgan fingerprint density at radius 1 is 0.377 bits per heavy atom. The van der Waals surface area contributed by atoms with Crippen LogP contribution < -0.4 is 4.90 Å². The Hall–Kier alpha value is -6.64. The summed E-state index contributed by atoms with van der Waals surface area (Å²) in [5.74, 6) is 0. The first-order valence-electron chi connectivity index (χ1n) is 18.4. The number of fused-ring (bicyclic) bond motifs is 6.